The lowest BCUT2D eigenvalue weighted by atomic mass is 10.8. The molecule has 0 bridgehead atoms. The Balaban J connectivity index is 3.55. The van der Waals surface area contributed by atoms with Crippen LogP contribution in [0.25, 0.3) is 0 Å². The number of carboxylic acids is 1. The number of aliphatic carboxylic acids is 1. The van der Waals surface area contributed by atoms with E-state index < -0.39 is 14.0 Å². The van der Waals surface area contributed by atoms with E-state index in [9.17, 15) is 9.90 Å². The molecule has 0 N–H and O–H groups in total. The molecule has 0 aliphatic heterocycles. The van der Waals surface area contributed by atoms with Gasteiger partial charge in [-0.15, -0.1) is 0 Å². The van der Waals surface area contributed by atoms with Crippen molar-refractivity contribution >= 4 is 14.0 Å². The summed E-state index contributed by atoms with van der Waals surface area (Å²) in [6.07, 6.45) is 0. The number of hydrogen-bond donors (Lipinski definition) is 0. The third-order valence-corrected chi connectivity index (χ3v) is 2.02. The summed E-state index contributed by atoms with van der Waals surface area (Å²) in [7, 11) is -1.38. The van der Waals surface area contributed by atoms with Crippen molar-refractivity contribution in [3.63, 3.8) is 0 Å². The molecule has 0 fully saturated rings. The SMILES string of the molecule is C[Si](C)(C)CC(=O)[O-]. The number of carbonyl (C=O) groups excluding carboxylic acids is 1. The van der Waals surface area contributed by atoms with Crippen LogP contribution in [0.15, 0.2) is 0 Å². The minimum absolute atomic E-state index is 0.271. The van der Waals surface area contributed by atoms with E-state index in [4.69, 9.17) is 0 Å². The van der Waals surface area contributed by atoms with Crippen molar-refractivity contribution in [3.8, 4) is 0 Å². The average molecular weight is 131 g/mol. The molecule has 0 spiro atoms. The molecule has 0 aliphatic rings. The molecule has 0 atom stereocenters. The Morgan fingerprint density at radius 3 is 1.88 bits per heavy atom. The second-order valence-corrected chi connectivity index (χ2v) is 8.58. The highest BCUT2D eigenvalue weighted by Gasteiger charge is 2.11. The quantitative estimate of drug-likeness (QED) is 0.498. The fraction of sp³-hybridized carbons (Fsp3) is 0.800. The Kier molecular flexibility index (Phi) is 2.21. The van der Waals surface area contributed by atoms with Gasteiger partial charge >= 0.3 is 0 Å². The van der Waals surface area contributed by atoms with E-state index in [2.05, 4.69) is 0 Å². The summed E-state index contributed by atoms with van der Waals surface area (Å²) in [5, 5.41) is 9.94. The lowest BCUT2D eigenvalue weighted by molar-refractivity contribution is -0.302. The molecule has 0 rings (SSSR count). The average Bonchev–Trinajstić information content (AvgIpc) is 1.21. The molecule has 0 amide bonds. The number of hydrogen-bond acceptors (Lipinski definition) is 2. The van der Waals surface area contributed by atoms with E-state index in [0.717, 1.165) is 0 Å². The predicted octanol–water partition coefficient (Wildman–Crippen LogP) is 0.0745. The highest BCUT2D eigenvalue weighted by molar-refractivity contribution is 6.78. The molecule has 0 aromatic carbocycles. The largest absolute Gasteiger partial charge is 0.550 e. The Morgan fingerprint density at radius 2 is 1.88 bits per heavy atom. The first kappa shape index (κ1) is 7.69. The van der Waals surface area contributed by atoms with Gasteiger partial charge in [0, 0.05) is 5.97 Å². The van der Waals surface area contributed by atoms with Gasteiger partial charge in [0.25, 0.3) is 0 Å². The minimum Gasteiger partial charge on any atom is -0.550 e. The molecular weight excluding hydrogens is 120 g/mol. The summed E-state index contributed by atoms with van der Waals surface area (Å²) in [4.78, 5) is 9.94. The Hall–Kier alpha value is -0.313. The predicted molar refractivity (Wildman–Crippen MR) is 33.2 cm³/mol. The maximum Gasteiger partial charge on any atom is 0.0502 e. The summed E-state index contributed by atoms with van der Waals surface area (Å²) in [5.41, 5.74) is 0. The van der Waals surface area contributed by atoms with Crippen molar-refractivity contribution in [1.82, 2.24) is 0 Å². The van der Waals surface area contributed by atoms with Gasteiger partial charge in [-0.05, 0) is 6.04 Å². The van der Waals surface area contributed by atoms with Crippen LogP contribution in [0.1, 0.15) is 0 Å². The first-order valence-corrected chi connectivity index (χ1v) is 6.32. The Bertz CT molecular complexity index is 93.1. The number of carboxylic acid groups (broad SMARTS) is 1. The first-order valence-electron chi connectivity index (χ1n) is 2.62. The molecule has 48 valence electrons. The van der Waals surface area contributed by atoms with Crippen molar-refractivity contribution in [2.75, 3.05) is 0 Å². The summed E-state index contributed by atoms with van der Waals surface area (Å²) in [5.74, 6) is -0.913. The topological polar surface area (TPSA) is 40.1 Å². The monoisotopic (exact) mass is 131 g/mol. The van der Waals surface area contributed by atoms with Crippen molar-refractivity contribution in [1.29, 1.82) is 0 Å². The Labute approximate surface area is 50.5 Å². The summed E-state index contributed by atoms with van der Waals surface area (Å²) in [6.45, 7) is 6.01. The molecule has 0 aromatic heterocycles. The van der Waals surface area contributed by atoms with Crippen molar-refractivity contribution in [2.24, 2.45) is 0 Å². The van der Waals surface area contributed by atoms with Gasteiger partial charge < -0.3 is 9.90 Å². The van der Waals surface area contributed by atoms with E-state index in [0.29, 0.717) is 0 Å². The van der Waals surface area contributed by atoms with Crippen LogP contribution in [0, 0.1) is 0 Å². The van der Waals surface area contributed by atoms with E-state index in [1.165, 1.54) is 0 Å². The molecule has 0 saturated carbocycles. The third-order valence-electron chi connectivity index (χ3n) is 0.675. The fourth-order valence-electron chi connectivity index (χ4n) is 0.433. The third kappa shape index (κ3) is 5.69. The molecule has 0 aromatic rings. The van der Waals surface area contributed by atoms with Crippen LogP contribution < -0.4 is 5.11 Å². The number of carbonyl (C=O) groups is 1. The maximum absolute atomic E-state index is 9.94. The van der Waals surface area contributed by atoms with Crippen LogP contribution in [0.3, 0.4) is 0 Å². The van der Waals surface area contributed by atoms with Gasteiger partial charge in [-0.25, -0.2) is 0 Å². The van der Waals surface area contributed by atoms with Crippen LogP contribution in [-0.4, -0.2) is 14.0 Å². The van der Waals surface area contributed by atoms with Crippen LogP contribution in [-0.2, 0) is 4.79 Å². The zero-order valence-corrected chi connectivity index (χ0v) is 6.52. The van der Waals surface area contributed by atoms with Gasteiger partial charge in [0.05, 0.1) is 8.07 Å². The second kappa shape index (κ2) is 2.30. The fourth-order valence-corrected chi connectivity index (χ4v) is 1.30. The van der Waals surface area contributed by atoms with Gasteiger partial charge in [-0.3, -0.25) is 0 Å². The van der Waals surface area contributed by atoms with E-state index in [1.54, 1.807) is 0 Å². The van der Waals surface area contributed by atoms with Crippen LogP contribution >= 0.6 is 0 Å². The molecule has 0 heterocycles. The second-order valence-electron chi connectivity index (χ2n) is 3.11. The van der Waals surface area contributed by atoms with Gasteiger partial charge in [0.1, 0.15) is 0 Å². The highest BCUT2D eigenvalue weighted by Crippen LogP contribution is 2.05. The number of rotatable bonds is 2. The smallest absolute Gasteiger partial charge is 0.0502 e. The summed E-state index contributed by atoms with van der Waals surface area (Å²) in [6, 6.07) is 0.271. The van der Waals surface area contributed by atoms with Gasteiger partial charge in [-0.2, -0.15) is 0 Å². The minimum atomic E-state index is -1.38. The molecule has 8 heavy (non-hydrogen) atoms. The molecule has 0 aliphatic carbocycles. The van der Waals surface area contributed by atoms with E-state index >= 15 is 0 Å². The van der Waals surface area contributed by atoms with Gasteiger partial charge in [-0.1, -0.05) is 19.6 Å². The lowest BCUT2D eigenvalue weighted by Crippen LogP contribution is -2.32. The maximum atomic E-state index is 9.94. The summed E-state index contributed by atoms with van der Waals surface area (Å²) < 4.78 is 0. The van der Waals surface area contributed by atoms with Crippen molar-refractivity contribution in [2.45, 2.75) is 25.7 Å². The molecular formula is C5H11O2Si-. The normalized spacial score (nSPS) is 11.4. The molecule has 0 radical (unpaired) electrons. The van der Waals surface area contributed by atoms with Crippen molar-refractivity contribution < 1.29 is 9.90 Å². The summed E-state index contributed by atoms with van der Waals surface area (Å²) >= 11 is 0. The van der Waals surface area contributed by atoms with Gasteiger partial charge in [0.15, 0.2) is 0 Å². The zero-order valence-electron chi connectivity index (χ0n) is 5.52. The van der Waals surface area contributed by atoms with Crippen LogP contribution in [0.5, 0.6) is 0 Å². The first-order chi connectivity index (χ1) is 3.42. The van der Waals surface area contributed by atoms with Crippen LogP contribution in [0.4, 0.5) is 0 Å². The highest BCUT2D eigenvalue weighted by atomic mass is 28.3. The molecule has 0 unspecified atom stereocenters. The molecule has 0 saturated heterocycles. The van der Waals surface area contributed by atoms with Crippen LogP contribution in [0.2, 0.25) is 25.7 Å². The van der Waals surface area contributed by atoms with Gasteiger partial charge in [0.2, 0.25) is 0 Å². The standard InChI is InChI=1S/C5H12O2Si/c1-8(2,3)4-5(6)7/h4H2,1-3H3,(H,6,7)/p-1. The molecule has 3 heteroatoms. The zero-order chi connectivity index (χ0) is 6.78. The lowest BCUT2D eigenvalue weighted by Gasteiger charge is -2.15. The van der Waals surface area contributed by atoms with Crippen molar-refractivity contribution in [3.05, 3.63) is 0 Å². The van der Waals surface area contributed by atoms with E-state index in [-0.39, 0.29) is 6.04 Å². The van der Waals surface area contributed by atoms with E-state index in [1.807, 2.05) is 19.6 Å². The Morgan fingerprint density at radius 1 is 1.50 bits per heavy atom. The molecule has 2 nitrogen and oxygen atoms in total.